The van der Waals surface area contributed by atoms with Crippen LogP contribution in [-0.4, -0.2) is 25.2 Å². The van der Waals surface area contributed by atoms with E-state index >= 15 is 0 Å². The van der Waals surface area contributed by atoms with Crippen molar-refractivity contribution < 1.29 is 19.1 Å². The molecular weight excluding hydrogens is 200 g/mol. The molecule has 0 amide bonds. The zero-order valence-electron chi connectivity index (χ0n) is 8.57. The maximum absolute atomic E-state index is 11.1. The lowest BCUT2D eigenvalue weighted by Crippen LogP contribution is -2.21. The molecule has 0 unspecified atom stereocenters. The fourth-order valence-corrected chi connectivity index (χ4v) is 0.730. The molecule has 6 heteroatoms. The van der Waals surface area contributed by atoms with Gasteiger partial charge in [-0.05, 0) is 13.8 Å². The Morgan fingerprint density at radius 2 is 1.67 bits per heavy atom. The van der Waals surface area contributed by atoms with Crippen molar-refractivity contribution in [3.05, 3.63) is 11.3 Å². The van der Waals surface area contributed by atoms with Crippen LogP contribution in [0, 0.1) is 11.3 Å². The second kappa shape index (κ2) is 6.43. The van der Waals surface area contributed by atoms with Crippen molar-refractivity contribution in [3.63, 3.8) is 0 Å². The molecule has 0 aliphatic heterocycles. The Labute approximate surface area is 87.3 Å². The van der Waals surface area contributed by atoms with Gasteiger partial charge >= 0.3 is 11.9 Å². The van der Waals surface area contributed by atoms with Crippen LogP contribution in [-0.2, 0) is 19.1 Å². The number of ether oxygens (including phenoxy) is 2. The van der Waals surface area contributed by atoms with E-state index in [2.05, 4.69) is 9.47 Å². The number of rotatable bonds is 4. The van der Waals surface area contributed by atoms with E-state index in [4.69, 9.17) is 11.0 Å². The van der Waals surface area contributed by atoms with Gasteiger partial charge in [-0.3, -0.25) is 0 Å². The molecule has 0 aromatic carbocycles. The average molecular weight is 212 g/mol. The van der Waals surface area contributed by atoms with Gasteiger partial charge in [-0.1, -0.05) is 0 Å². The van der Waals surface area contributed by atoms with Crippen LogP contribution in [0.4, 0.5) is 0 Å². The van der Waals surface area contributed by atoms with Gasteiger partial charge in [-0.15, -0.1) is 0 Å². The number of hydrogen-bond acceptors (Lipinski definition) is 6. The summed E-state index contributed by atoms with van der Waals surface area (Å²) in [6, 6.07) is 1.50. The predicted octanol–water partition coefficient (Wildman–Crippen LogP) is -0.151. The molecule has 0 aromatic heterocycles. The van der Waals surface area contributed by atoms with Crippen LogP contribution in [0.5, 0.6) is 0 Å². The van der Waals surface area contributed by atoms with Crippen LogP contribution < -0.4 is 5.73 Å². The van der Waals surface area contributed by atoms with Crippen LogP contribution in [0.15, 0.2) is 11.3 Å². The van der Waals surface area contributed by atoms with Gasteiger partial charge in [0.2, 0.25) is 0 Å². The van der Waals surface area contributed by atoms with E-state index in [9.17, 15) is 9.59 Å². The maximum Gasteiger partial charge on any atom is 0.355 e. The smallest absolute Gasteiger partial charge is 0.355 e. The standard InChI is InChI=1S/C9H12N2O4/c1-3-14-8(12)6(5-10)7(11)9(13)15-4-2/h3-4,11H2,1-2H3. The summed E-state index contributed by atoms with van der Waals surface area (Å²) >= 11 is 0. The zero-order valence-corrected chi connectivity index (χ0v) is 8.57. The summed E-state index contributed by atoms with van der Waals surface area (Å²) in [7, 11) is 0. The summed E-state index contributed by atoms with van der Waals surface area (Å²) in [5.74, 6) is -1.83. The molecule has 0 rings (SSSR count). The Bertz CT molecular complexity index is 327. The molecule has 6 nitrogen and oxygen atoms in total. The number of carbonyl (C=O) groups excluding carboxylic acids is 2. The molecule has 0 radical (unpaired) electrons. The molecule has 15 heavy (non-hydrogen) atoms. The Morgan fingerprint density at radius 1 is 1.20 bits per heavy atom. The summed E-state index contributed by atoms with van der Waals surface area (Å²) in [5.41, 5.74) is 4.21. The number of esters is 2. The molecule has 2 N–H and O–H groups in total. The Kier molecular flexibility index (Phi) is 5.56. The van der Waals surface area contributed by atoms with Crippen LogP contribution >= 0.6 is 0 Å². The monoisotopic (exact) mass is 212 g/mol. The van der Waals surface area contributed by atoms with Gasteiger partial charge in [0.15, 0.2) is 5.57 Å². The normalized spacial score (nSPS) is 11.0. The number of hydrogen-bond donors (Lipinski definition) is 1. The minimum absolute atomic E-state index is 0.0973. The van der Waals surface area contributed by atoms with Crippen molar-refractivity contribution in [1.82, 2.24) is 0 Å². The van der Waals surface area contributed by atoms with Crippen molar-refractivity contribution in [2.75, 3.05) is 13.2 Å². The van der Waals surface area contributed by atoms with Crippen molar-refractivity contribution in [3.8, 4) is 6.07 Å². The summed E-state index contributed by atoms with van der Waals surface area (Å²) < 4.78 is 9.07. The van der Waals surface area contributed by atoms with Crippen molar-refractivity contribution >= 4 is 11.9 Å². The predicted molar refractivity (Wildman–Crippen MR) is 50.1 cm³/mol. The van der Waals surface area contributed by atoms with Gasteiger partial charge in [-0.2, -0.15) is 5.26 Å². The molecule has 82 valence electrons. The number of nitriles is 1. The van der Waals surface area contributed by atoms with E-state index in [0.29, 0.717) is 0 Å². The first-order chi connectivity index (χ1) is 7.08. The molecular formula is C9H12N2O4. The van der Waals surface area contributed by atoms with Crippen molar-refractivity contribution in [2.24, 2.45) is 5.73 Å². The number of nitrogens with zero attached hydrogens (tertiary/aromatic N) is 1. The van der Waals surface area contributed by atoms with Crippen LogP contribution in [0.2, 0.25) is 0 Å². The van der Waals surface area contributed by atoms with Crippen molar-refractivity contribution in [2.45, 2.75) is 13.8 Å². The molecule has 0 spiro atoms. The van der Waals surface area contributed by atoms with E-state index in [1.165, 1.54) is 6.07 Å². The third-order valence-electron chi connectivity index (χ3n) is 1.36. The minimum atomic E-state index is -0.925. The first kappa shape index (κ1) is 13.0. The average Bonchev–Trinajstić information content (AvgIpc) is 2.19. The fraction of sp³-hybridized carbons (Fsp3) is 0.444. The fourth-order valence-electron chi connectivity index (χ4n) is 0.730. The SMILES string of the molecule is CCOC(=O)C(N)=C(C#N)C(=O)OCC. The van der Waals surface area contributed by atoms with Gasteiger partial charge in [0, 0.05) is 0 Å². The number of carbonyl (C=O) groups is 2. The van der Waals surface area contributed by atoms with Crippen LogP contribution in [0.25, 0.3) is 0 Å². The summed E-state index contributed by atoms with van der Waals surface area (Å²) in [6.07, 6.45) is 0. The van der Waals surface area contributed by atoms with E-state index in [1.54, 1.807) is 13.8 Å². The van der Waals surface area contributed by atoms with E-state index in [-0.39, 0.29) is 13.2 Å². The Hall–Kier alpha value is -2.03. The van der Waals surface area contributed by atoms with Crippen LogP contribution in [0.1, 0.15) is 13.8 Å². The highest BCUT2D eigenvalue weighted by atomic mass is 16.5. The lowest BCUT2D eigenvalue weighted by atomic mass is 10.2. The van der Waals surface area contributed by atoms with Gasteiger partial charge < -0.3 is 15.2 Å². The van der Waals surface area contributed by atoms with E-state index < -0.39 is 23.2 Å². The molecule has 0 aromatic rings. The Balaban J connectivity index is 4.91. The van der Waals surface area contributed by atoms with Crippen molar-refractivity contribution in [1.29, 1.82) is 5.26 Å². The highest BCUT2D eigenvalue weighted by Crippen LogP contribution is 2.03. The van der Waals surface area contributed by atoms with Gasteiger partial charge in [0.05, 0.1) is 13.2 Å². The molecule has 0 aliphatic carbocycles. The molecule has 0 saturated heterocycles. The third kappa shape index (κ3) is 3.68. The second-order valence-electron chi connectivity index (χ2n) is 2.34. The highest BCUT2D eigenvalue weighted by molar-refractivity contribution is 6.02. The zero-order chi connectivity index (χ0) is 11.8. The maximum atomic E-state index is 11.1. The topological polar surface area (TPSA) is 102 Å². The quantitative estimate of drug-likeness (QED) is 0.395. The summed E-state index contributed by atoms with van der Waals surface area (Å²) in [5, 5.41) is 8.61. The second-order valence-corrected chi connectivity index (χ2v) is 2.34. The van der Waals surface area contributed by atoms with Gasteiger partial charge in [-0.25, -0.2) is 9.59 Å². The van der Waals surface area contributed by atoms with Crippen LogP contribution in [0.3, 0.4) is 0 Å². The molecule has 0 saturated carbocycles. The molecule has 0 aliphatic rings. The van der Waals surface area contributed by atoms with Gasteiger partial charge in [0.1, 0.15) is 11.8 Å². The lowest BCUT2D eigenvalue weighted by Gasteiger charge is -2.04. The largest absolute Gasteiger partial charge is 0.462 e. The third-order valence-corrected chi connectivity index (χ3v) is 1.36. The first-order valence-electron chi connectivity index (χ1n) is 4.32. The molecule has 0 heterocycles. The summed E-state index contributed by atoms with van der Waals surface area (Å²) in [6.45, 7) is 3.37. The highest BCUT2D eigenvalue weighted by Gasteiger charge is 2.20. The summed E-state index contributed by atoms with van der Waals surface area (Å²) in [4.78, 5) is 22.2. The first-order valence-corrected chi connectivity index (χ1v) is 4.32. The molecule has 0 atom stereocenters. The number of nitrogens with two attached hydrogens (primary N) is 1. The van der Waals surface area contributed by atoms with Gasteiger partial charge in [0.25, 0.3) is 0 Å². The Morgan fingerprint density at radius 3 is 2.07 bits per heavy atom. The van der Waals surface area contributed by atoms with E-state index in [1.807, 2.05) is 0 Å². The van der Waals surface area contributed by atoms with E-state index in [0.717, 1.165) is 0 Å². The lowest BCUT2D eigenvalue weighted by molar-refractivity contribution is -0.141. The minimum Gasteiger partial charge on any atom is -0.462 e. The molecule has 0 bridgehead atoms. The molecule has 0 fully saturated rings.